The van der Waals surface area contributed by atoms with Crippen molar-refractivity contribution in [1.29, 1.82) is 0 Å². The Morgan fingerprint density at radius 2 is 2.16 bits per heavy atom. The van der Waals surface area contributed by atoms with E-state index in [0.717, 1.165) is 0 Å². The molecule has 0 amide bonds. The van der Waals surface area contributed by atoms with E-state index < -0.39 is 22.2 Å². The molecule has 0 saturated carbocycles. The Hall–Kier alpha value is -2.15. The fourth-order valence-corrected chi connectivity index (χ4v) is 1.36. The molecular formula is C12H16N2O5. The number of nitrogens with zero attached hydrogens (tertiary/aromatic N) is 1. The fourth-order valence-electron chi connectivity index (χ4n) is 1.36. The molecule has 0 bridgehead atoms. The van der Waals surface area contributed by atoms with Crippen LogP contribution in [0.4, 0.5) is 11.4 Å². The van der Waals surface area contributed by atoms with Gasteiger partial charge in [0.1, 0.15) is 5.56 Å². The average Bonchev–Trinajstić information content (AvgIpc) is 2.36. The van der Waals surface area contributed by atoms with Gasteiger partial charge in [0.2, 0.25) is 0 Å². The Balaban J connectivity index is 2.97. The Bertz CT molecular complexity index is 499. The topological polar surface area (TPSA) is 102 Å². The standard InChI is InChI=1S/C12H16N2O5/c1-12(2,19-3)7-13-8-4-5-9(11(15)16)10(6-8)14(17)18/h4-6,13H,7H2,1-3H3,(H,15,16). The summed E-state index contributed by atoms with van der Waals surface area (Å²) in [4.78, 5) is 21.0. The van der Waals surface area contributed by atoms with Crippen molar-refractivity contribution >= 4 is 17.3 Å². The number of carboxylic acid groups (broad SMARTS) is 1. The maximum absolute atomic E-state index is 10.9. The van der Waals surface area contributed by atoms with Gasteiger partial charge < -0.3 is 15.2 Å². The molecule has 2 N–H and O–H groups in total. The zero-order valence-electron chi connectivity index (χ0n) is 11.0. The normalized spacial score (nSPS) is 11.1. The molecule has 7 nitrogen and oxygen atoms in total. The van der Waals surface area contributed by atoms with Crippen molar-refractivity contribution in [2.24, 2.45) is 0 Å². The third-order valence-electron chi connectivity index (χ3n) is 2.70. The van der Waals surface area contributed by atoms with E-state index in [2.05, 4.69) is 5.32 Å². The fraction of sp³-hybridized carbons (Fsp3) is 0.417. The summed E-state index contributed by atoms with van der Waals surface area (Å²) in [5.41, 5.74) is -0.726. The lowest BCUT2D eigenvalue weighted by Crippen LogP contribution is -2.32. The molecule has 0 radical (unpaired) electrons. The number of carboxylic acids is 1. The van der Waals surface area contributed by atoms with Crippen molar-refractivity contribution in [2.45, 2.75) is 19.4 Å². The predicted octanol–water partition coefficient (Wildman–Crippen LogP) is 2.13. The van der Waals surface area contributed by atoms with Crippen molar-refractivity contribution in [2.75, 3.05) is 19.0 Å². The van der Waals surface area contributed by atoms with E-state index >= 15 is 0 Å². The molecule has 1 aromatic rings. The van der Waals surface area contributed by atoms with Gasteiger partial charge >= 0.3 is 5.97 Å². The number of nitro benzene ring substituents is 1. The molecule has 104 valence electrons. The van der Waals surface area contributed by atoms with E-state index in [1.165, 1.54) is 18.2 Å². The lowest BCUT2D eigenvalue weighted by atomic mass is 10.1. The van der Waals surface area contributed by atoms with E-state index in [1.54, 1.807) is 7.11 Å². The third-order valence-corrected chi connectivity index (χ3v) is 2.70. The first-order valence-corrected chi connectivity index (χ1v) is 5.57. The molecule has 1 rings (SSSR count). The van der Waals surface area contributed by atoms with Crippen LogP contribution in [0.2, 0.25) is 0 Å². The van der Waals surface area contributed by atoms with Crippen LogP contribution in [0.5, 0.6) is 0 Å². The summed E-state index contributed by atoms with van der Waals surface area (Å²) in [5, 5.41) is 22.7. The molecule has 0 heterocycles. The number of hydrogen-bond acceptors (Lipinski definition) is 5. The van der Waals surface area contributed by atoms with Crippen LogP contribution < -0.4 is 5.32 Å². The Morgan fingerprint density at radius 1 is 1.53 bits per heavy atom. The molecule has 0 aliphatic heterocycles. The number of ether oxygens (including phenoxy) is 1. The predicted molar refractivity (Wildman–Crippen MR) is 69.6 cm³/mol. The molecule has 0 atom stereocenters. The van der Waals surface area contributed by atoms with E-state index in [0.29, 0.717) is 12.2 Å². The SMILES string of the molecule is COC(C)(C)CNc1ccc(C(=O)O)c([N+](=O)[O-])c1. The van der Waals surface area contributed by atoms with Gasteiger partial charge in [0, 0.05) is 25.4 Å². The highest BCUT2D eigenvalue weighted by Gasteiger charge is 2.21. The monoisotopic (exact) mass is 268 g/mol. The van der Waals surface area contributed by atoms with Crippen molar-refractivity contribution in [3.63, 3.8) is 0 Å². The van der Waals surface area contributed by atoms with Gasteiger partial charge in [-0.1, -0.05) is 0 Å². The Morgan fingerprint density at radius 3 is 2.63 bits per heavy atom. The first-order valence-electron chi connectivity index (χ1n) is 5.57. The van der Waals surface area contributed by atoms with Gasteiger partial charge in [0.05, 0.1) is 10.5 Å². The lowest BCUT2D eigenvalue weighted by molar-refractivity contribution is -0.385. The number of rotatable bonds is 6. The van der Waals surface area contributed by atoms with Crippen LogP contribution in [0, 0.1) is 10.1 Å². The van der Waals surface area contributed by atoms with Crippen molar-refractivity contribution in [3.8, 4) is 0 Å². The highest BCUT2D eigenvalue weighted by atomic mass is 16.6. The molecule has 0 spiro atoms. The summed E-state index contributed by atoms with van der Waals surface area (Å²) in [5.74, 6) is -1.32. The van der Waals surface area contributed by atoms with Crippen LogP contribution in [0.3, 0.4) is 0 Å². The molecule has 1 aromatic carbocycles. The second kappa shape index (κ2) is 5.66. The number of hydrogen-bond donors (Lipinski definition) is 2. The lowest BCUT2D eigenvalue weighted by Gasteiger charge is -2.23. The smallest absolute Gasteiger partial charge is 0.342 e. The summed E-state index contributed by atoms with van der Waals surface area (Å²) in [7, 11) is 1.57. The van der Waals surface area contributed by atoms with Gasteiger partial charge in [-0.05, 0) is 26.0 Å². The van der Waals surface area contributed by atoms with E-state index in [-0.39, 0.29) is 5.56 Å². The van der Waals surface area contributed by atoms with Gasteiger partial charge in [0.25, 0.3) is 5.69 Å². The maximum Gasteiger partial charge on any atom is 0.342 e. The van der Waals surface area contributed by atoms with Crippen LogP contribution in [-0.2, 0) is 4.74 Å². The first-order chi connectivity index (χ1) is 8.76. The summed E-state index contributed by atoms with van der Waals surface area (Å²) >= 11 is 0. The summed E-state index contributed by atoms with van der Waals surface area (Å²) in [6.07, 6.45) is 0. The number of aromatic carboxylic acids is 1. The minimum atomic E-state index is -1.32. The highest BCUT2D eigenvalue weighted by molar-refractivity contribution is 5.93. The number of nitro groups is 1. The molecule has 19 heavy (non-hydrogen) atoms. The van der Waals surface area contributed by atoms with Crippen LogP contribution in [0.25, 0.3) is 0 Å². The van der Waals surface area contributed by atoms with Gasteiger partial charge in [-0.25, -0.2) is 4.79 Å². The van der Waals surface area contributed by atoms with Gasteiger partial charge in [-0.3, -0.25) is 10.1 Å². The van der Waals surface area contributed by atoms with E-state index in [1.807, 2.05) is 13.8 Å². The quantitative estimate of drug-likeness (QED) is 0.605. The zero-order chi connectivity index (χ0) is 14.6. The van der Waals surface area contributed by atoms with Crippen LogP contribution >= 0.6 is 0 Å². The third kappa shape index (κ3) is 3.92. The number of carbonyl (C=O) groups is 1. The maximum atomic E-state index is 10.9. The van der Waals surface area contributed by atoms with Gasteiger partial charge in [-0.15, -0.1) is 0 Å². The van der Waals surface area contributed by atoms with Crippen LogP contribution in [0.1, 0.15) is 24.2 Å². The minimum absolute atomic E-state index is 0.332. The molecule has 0 aliphatic rings. The second-order valence-corrected chi connectivity index (χ2v) is 4.61. The molecule has 0 aliphatic carbocycles. The average molecular weight is 268 g/mol. The molecule has 0 saturated heterocycles. The highest BCUT2D eigenvalue weighted by Crippen LogP contribution is 2.23. The number of methoxy groups -OCH3 is 1. The number of nitrogens with one attached hydrogen (secondary N) is 1. The molecule has 7 heteroatoms. The van der Waals surface area contributed by atoms with E-state index in [9.17, 15) is 14.9 Å². The molecule has 0 fully saturated rings. The van der Waals surface area contributed by atoms with Gasteiger partial charge in [0.15, 0.2) is 0 Å². The summed E-state index contributed by atoms with van der Waals surface area (Å²) in [6.45, 7) is 4.16. The summed E-state index contributed by atoms with van der Waals surface area (Å²) in [6, 6.07) is 3.90. The van der Waals surface area contributed by atoms with Crippen molar-refractivity contribution in [3.05, 3.63) is 33.9 Å². The second-order valence-electron chi connectivity index (χ2n) is 4.61. The first kappa shape index (κ1) is 14.9. The minimum Gasteiger partial charge on any atom is -0.477 e. The van der Waals surface area contributed by atoms with Crippen LogP contribution in [-0.4, -0.2) is 35.3 Å². The van der Waals surface area contributed by atoms with E-state index in [4.69, 9.17) is 9.84 Å². The molecule has 0 aromatic heterocycles. The largest absolute Gasteiger partial charge is 0.477 e. The van der Waals surface area contributed by atoms with Gasteiger partial charge in [-0.2, -0.15) is 0 Å². The number of anilines is 1. The Labute approximate surface area is 110 Å². The van der Waals surface area contributed by atoms with Crippen molar-refractivity contribution in [1.82, 2.24) is 0 Å². The zero-order valence-corrected chi connectivity index (χ0v) is 11.0. The van der Waals surface area contributed by atoms with Crippen molar-refractivity contribution < 1.29 is 19.6 Å². The number of benzene rings is 1. The molecular weight excluding hydrogens is 252 g/mol. The Kier molecular flexibility index (Phi) is 4.44. The summed E-state index contributed by atoms with van der Waals surface area (Å²) < 4.78 is 5.21. The molecule has 0 unspecified atom stereocenters. The van der Waals surface area contributed by atoms with Crippen LogP contribution in [0.15, 0.2) is 18.2 Å².